The van der Waals surface area contributed by atoms with E-state index >= 15 is 0 Å². The van der Waals surface area contributed by atoms with Gasteiger partial charge in [-0.05, 0) is 79.6 Å². The lowest BCUT2D eigenvalue weighted by molar-refractivity contribution is -0.146. The van der Waals surface area contributed by atoms with Crippen molar-refractivity contribution in [1.29, 1.82) is 0 Å². The second-order valence-electron chi connectivity index (χ2n) is 9.69. The summed E-state index contributed by atoms with van der Waals surface area (Å²) >= 11 is 1.60. The molecule has 0 aliphatic heterocycles. The van der Waals surface area contributed by atoms with Crippen LogP contribution in [-0.2, 0) is 14.3 Å². The van der Waals surface area contributed by atoms with E-state index in [-0.39, 0.29) is 17.7 Å². The minimum atomic E-state index is -0.752. The molecule has 1 aliphatic carbocycles. The summed E-state index contributed by atoms with van der Waals surface area (Å²) in [5.74, 6) is 0.880. The molecule has 2 unspecified atom stereocenters. The van der Waals surface area contributed by atoms with Gasteiger partial charge in [0.1, 0.15) is 12.1 Å². The Balaban J connectivity index is 2.01. The van der Waals surface area contributed by atoms with Crippen LogP contribution in [0.5, 0.6) is 0 Å². The van der Waals surface area contributed by atoms with Gasteiger partial charge in [0.05, 0.1) is 7.11 Å². The minimum absolute atomic E-state index is 0.127. The number of benzene rings is 1. The Hall–Kier alpha value is -2.02. The molecule has 0 bridgehead atoms. The van der Waals surface area contributed by atoms with E-state index in [0.29, 0.717) is 23.7 Å². The van der Waals surface area contributed by atoms with Crippen LogP contribution < -0.4 is 10.6 Å². The molecule has 1 aromatic rings. The van der Waals surface area contributed by atoms with Gasteiger partial charge in [-0.15, -0.1) is 0 Å². The Labute approximate surface area is 209 Å². The van der Waals surface area contributed by atoms with Crippen LogP contribution in [0.25, 0.3) is 0 Å². The van der Waals surface area contributed by atoms with E-state index in [1.54, 1.807) is 11.8 Å². The van der Waals surface area contributed by atoms with E-state index in [2.05, 4.69) is 29.7 Å². The number of amides is 2. The van der Waals surface area contributed by atoms with Crippen molar-refractivity contribution >= 4 is 29.5 Å². The quantitative estimate of drug-likeness (QED) is 0.406. The van der Waals surface area contributed by atoms with E-state index in [4.69, 9.17) is 4.74 Å². The highest BCUT2D eigenvalue weighted by Gasteiger charge is 2.29. The molecule has 190 valence electrons. The molecule has 7 heteroatoms. The lowest BCUT2D eigenvalue weighted by atomic mass is 9.77. The Morgan fingerprint density at radius 3 is 2.24 bits per heavy atom. The molecule has 0 aromatic heterocycles. The molecule has 0 spiro atoms. The summed E-state index contributed by atoms with van der Waals surface area (Å²) in [5.41, 5.74) is 1.83. The standard InChI is InChI=1S/C27H42N2O4S/c1-6-7-19-8-10-20(11-9-19)21-12-14-22(15-13-21)25(30)28-23(16-17-34-5)26(31)29-24(18(2)3)27(32)33-4/h12-15,18-20,23-24H,6-11,16-17H2,1-5H3,(H,28,30)(H,29,31). The van der Waals surface area contributed by atoms with E-state index in [0.717, 1.165) is 5.92 Å². The fourth-order valence-corrected chi connectivity index (χ4v) is 5.20. The number of ether oxygens (including phenoxy) is 1. The van der Waals surface area contributed by atoms with Gasteiger partial charge in [0, 0.05) is 5.56 Å². The van der Waals surface area contributed by atoms with Crippen LogP contribution in [0, 0.1) is 11.8 Å². The molecule has 2 rings (SSSR count). The number of methoxy groups -OCH3 is 1. The molecule has 1 saturated carbocycles. The van der Waals surface area contributed by atoms with Crippen molar-refractivity contribution in [2.24, 2.45) is 11.8 Å². The highest BCUT2D eigenvalue weighted by atomic mass is 32.2. The maximum atomic E-state index is 12.9. The molecule has 6 nitrogen and oxygen atoms in total. The summed E-state index contributed by atoms with van der Waals surface area (Å²) in [6.45, 7) is 5.94. The van der Waals surface area contributed by atoms with Crippen LogP contribution in [0.2, 0.25) is 0 Å². The largest absolute Gasteiger partial charge is 0.467 e. The van der Waals surface area contributed by atoms with Gasteiger partial charge in [-0.25, -0.2) is 4.79 Å². The molecular weight excluding hydrogens is 448 g/mol. The number of hydrogen-bond acceptors (Lipinski definition) is 5. The molecule has 0 saturated heterocycles. The fourth-order valence-electron chi connectivity index (χ4n) is 4.72. The van der Waals surface area contributed by atoms with Crippen molar-refractivity contribution in [3.63, 3.8) is 0 Å². The molecule has 34 heavy (non-hydrogen) atoms. The maximum Gasteiger partial charge on any atom is 0.328 e. The average molecular weight is 491 g/mol. The molecule has 2 N–H and O–H groups in total. The molecule has 2 atom stereocenters. The predicted molar refractivity (Wildman–Crippen MR) is 139 cm³/mol. The van der Waals surface area contributed by atoms with Gasteiger partial charge < -0.3 is 15.4 Å². The SMILES string of the molecule is CCCC1CCC(c2ccc(C(=O)NC(CCSC)C(=O)NC(C(=O)OC)C(C)C)cc2)CC1. The van der Waals surface area contributed by atoms with Gasteiger partial charge in [0.2, 0.25) is 5.91 Å². The average Bonchev–Trinajstić information content (AvgIpc) is 2.84. The highest BCUT2D eigenvalue weighted by molar-refractivity contribution is 7.98. The molecule has 0 heterocycles. The highest BCUT2D eigenvalue weighted by Crippen LogP contribution is 2.37. The summed E-state index contributed by atoms with van der Waals surface area (Å²) in [6.07, 6.45) is 10.0. The summed E-state index contributed by atoms with van der Waals surface area (Å²) in [5, 5.41) is 5.63. The summed E-state index contributed by atoms with van der Waals surface area (Å²) in [7, 11) is 1.30. The molecule has 2 amide bonds. The third-order valence-electron chi connectivity index (χ3n) is 6.84. The molecule has 0 radical (unpaired) electrons. The van der Waals surface area contributed by atoms with Crippen molar-refractivity contribution < 1.29 is 19.1 Å². The second-order valence-corrected chi connectivity index (χ2v) is 10.7. The zero-order valence-electron chi connectivity index (χ0n) is 21.4. The van der Waals surface area contributed by atoms with Crippen LogP contribution in [0.4, 0.5) is 0 Å². The molecule has 1 aromatic carbocycles. The van der Waals surface area contributed by atoms with E-state index in [9.17, 15) is 14.4 Å². The summed E-state index contributed by atoms with van der Waals surface area (Å²) < 4.78 is 4.82. The first kappa shape index (κ1) is 28.2. The summed E-state index contributed by atoms with van der Waals surface area (Å²) in [4.78, 5) is 37.9. The zero-order valence-corrected chi connectivity index (χ0v) is 22.2. The van der Waals surface area contributed by atoms with E-state index in [1.807, 2.05) is 32.2 Å². The number of hydrogen-bond donors (Lipinski definition) is 2. The van der Waals surface area contributed by atoms with E-state index < -0.39 is 18.1 Å². The van der Waals surface area contributed by atoms with Gasteiger partial charge in [-0.2, -0.15) is 11.8 Å². The minimum Gasteiger partial charge on any atom is -0.467 e. The molecule has 1 aliphatic rings. The number of carbonyl (C=O) groups is 3. The Bertz CT molecular complexity index is 788. The van der Waals surface area contributed by atoms with Gasteiger partial charge in [-0.1, -0.05) is 45.7 Å². The number of thioether (sulfide) groups is 1. The Morgan fingerprint density at radius 2 is 1.71 bits per heavy atom. The first-order chi connectivity index (χ1) is 16.3. The monoisotopic (exact) mass is 490 g/mol. The lowest BCUT2D eigenvalue weighted by Crippen LogP contribution is -2.53. The Morgan fingerprint density at radius 1 is 1.06 bits per heavy atom. The van der Waals surface area contributed by atoms with Crippen LogP contribution in [0.15, 0.2) is 24.3 Å². The van der Waals surface area contributed by atoms with Crippen molar-refractivity contribution in [3.8, 4) is 0 Å². The first-order valence-corrected chi connectivity index (χ1v) is 14.0. The van der Waals surface area contributed by atoms with Crippen LogP contribution >= 0.6 is 11.8 Å². The second kappa shape index (κ2) is 14.4. The number of nitrogens with one attached hydrogen (secondary N) is 2. The van der Waals surface area contributed by atoms with Crippen molar-refractivity contribution in [2.75, 3.05) is 19.1 Å². The Kier molecular flexibility index (Phi) is 11.9. The van der Waals surface area contributed by atoms with Gasteiger partial charge in [-0.3, -0.25) is 9.59 Å². The number of rotatable bonds is 12. The first-order valence-electron chi connectivity index (χ1n) is 12.6. The number of carbonyl (C=O) groups excluding carboxylic acids is 3. The summed E-state index contributed by atoms with van der Waals surface area (Å²) in [6, 6.07) is 6.36. The van der Waals surface area contributed by atoms with Crippen molar-refractivity contribution in [2.45, 2.75) is 83.7 Å². The normalized spacial score (nSPS) is 19.8. The third-order valence-corrected chi connectivity index (χ3v) is 7.48. The maximum absolute atomic E-state index is 12.9. The molecule has 1 fully saturated rings. The smallest absolute Gasteiger partial charge is 0.328 e. The van der Waals surface area contributed by atoms with E-state index in [1.165, 1.54) is 51.2 Å². The van der Waals surface area contributed by atoms with Gasteiger partial charge in [0.15, 0.2) is 0 Å². The number of esters is 1. The fraction of sp³-hybridized carbons (Fsp3) is 0.667. The van der Waals surface area contributed by atoms with Crippen molar-refractivity contribution in [3.05, 3.63) is 35.4 Å². The van der Waals surface area contributed by atoms with Gasteiger partial charge >= 0.3 is 5.97 Å². The third kappa shape index (κ3) is 8.33. The zero-order chi connectivity index (χ0) is 25.1. The molecular formula is C27H42N2O4S. The van der Waals surface area contributed by atoms with Crippen molar-refractivity contribution in [1.82, 2.24) is 10.6 Å². The lowest BCUT2D eigenvalue weighted by Gasteiger charge is -2.28. The predicted octanol–water partition coefficient (Wildman–Crippen LogP) is 4.93. The van der Waals surface area contributed by atoms with Crippen LogP contribution in [0.3, 0.4) is 0 Å². The van der Waals surface area contributed by atoms with Crippen LogP contribution in [0.1, 0.15) is 87.6 Å². The van der Waals surface area contributed by atoms with Gasteiger partial charge in [0.25, 0.3) is 5.91 Å². The topological polar surface area (TPSA) is 84.5 Å². The van der Waals surface area contributed by atoms with Crippen LogP contribution in [-0.4, -0.2) is 49.0 Å².